The van der Waals surface area contributed by atoms with Gasteiger partial charge in [0.15, 0.2) is 12.2 Å². The molecule has 0 aromatic carbocycles. The lowest BCUT2D eigenvalue weighted by atomic mass is 10.1. The van der Waals surface area contributed by atoms with Gasteiger partial charge in [0.05, 0.1) is 11.8 Å². The van der Waals surface area contributed by atoms with E-state index in [0.717, 1.165) is 4.57 Å². The van der Waals surface area contributed by atoms with Gasteiger partial charge in [-0.1, -0.05) is 32.7 Å². The number of hydrogen-bond donors (Lipinski definition) is 1. The number of carbonyl (C=O) groups excluding carboxylic acids is 2. The Bertz CT molecular complexity index is 703. The van der Waals surface area contributed by atoms with Crippen molar-refractivity contribution in [2.24, 2.45) is 17.6 Å². The van der Waals surface area contributed by atoms with Crippen LogP contribution in [0.2, 0.25) is 0 Å². The molecule has 150 valence electrons. The summed E-state index contributed by atoms with van der Waals surface area (Å²) in [6, 6.07) is 0. The zero-order valence-electron chi connectivity index (χ0n) is 15.6. The zero-order valence-corrected chi connectivity index (χ0v) is 15.6. The van der Waals surface area contributed by atoms with Crippen molar-refractivity contribution >= 4 is 17.9 Å². The van der Waals surface area contributed by atoms with E-state index in [1.54, 1.807) is 27.7 Å². The van der Waals surface area contributed by atoms with E-state index in [0.29, 0.717) is 0 Å². The summed E-state index contributed by atoms with van der Waals surface area (Å²) in [7, 11) is 0. The van der Waals surface area contributed by atoms with Crippen molar-refractivity contribution in [3.8, 4) is 0 Å². The minimum Gasteiger partial charge on any atom is -0.455 e. The van der Waals surface area contributed by atoms with Crippen LogP contribution < -0.4 is 5.73 Å². The molecule has 0 spiro atoms. The SMILES string of the molecule is CC(C)C(=O)O[C@H]1C(CN)OC(n2ccnc2[N+](=O)[O-])[C@@H]1OC(=O)C(C)C. The Balaban J connectivity index is 2.41. The second kappa shape index (κ2) is 8.44. The minimum atomic E-state index is -1.11. The standard InChI is InChI=1S/C16H24N4O7/c1-8(2)14(21)26-11-10(7-17)25-13(12(11)27-15(22)9(3)4)19-6-5-18-16(19)20(23)24/h5-6,8-13H,7,17H2,1-4H3/t10?,11-,12+,13?/m0/s1. The first kappa shape index (κ1) is 20.8. The first-order valence-corrected chi connectivity index (χ1v) is 8.61. The van der Waals surface area contributed by atoms with Gasteiger partial charge < -0.3 is 30.1 Å². The van der Waals surface area contributed by atoms with E-state index in [1.165, 1.54) is 12.4 Å². The van der Waals surface area contributed by atoms with E-state index in [-0.39, 0.29) is 6.54 Å². The van der Waals surface area contributed by atoms with Crippen LogP contribution in [-0.4, -0.2) is 51.3 Å². The molecular formula is C16H24N4O7. The number of aromatic nitrogens is 2. The topological polar surface area (TPSA) is 149 Å². The minimum absolute atomic E-state index is 0.0369. The summed E-state index contributed by atoms with van der Waals surface area (Å²) in [6.07, 6.45) is -1.45. The number of nitrogens with two attached hydrogens (primary N) is 1. The van der Waals surface area contributed by atoms with Gasteiger partial charge in [0.2, 0.25) is 6.23 Å². The van der Waals surface area contributed by atoms with E-state index >= 15 is 0 Å². The average molecular weight is 384 g/mol. The Morgan fingerprint density at radius 3 is 2.30 bits per heavy atom. The number of nitrogens with zero attached hydrogens (tertiary/aromatic N) is 3. The van der Waals surface area contributed by atoms with Crippen LogP contribution in [0.4, 0.5) is 5.95 Å². The van der Waals surface area contributed by atoms with Gasteiger partial charge in [-0.15, -0.1) is 0 Å². The third kappa shape index (κ3) is 4.42. The van der Waals surface area contributed by atoms with Gasteiger partial charge in [0, 0.05) is 6.54 Å². The molecule has 2 heterocycles. The van der Waals surface area contributed by atoms with Gasteiger partial charge in [-0.05, 0) is 4.92 Å². The van der Waals surface area contributed by atoms with Gasteiger partial charge in [-0.3, -0.25) is 9.59 Å². The van der Waals surface area contributed by atoms with Gasteiger partial charge >= 0.3 is 17.9 Å². The predicted octanol–water partition coefficient (Wildman–Crippen LogP) is 0.783. The Morgan fingerprint density at radius 2 is 1.81 bits per heavy atom. The smallest absolute Gasteiger partial charge is 0.436 e. The molecule has 1 aromatic rings. The van der Waals surface area contributed by atoms with Crippen LogP contribution in [0.5, 0.6) is 0 Å². The summed E-state index contributed by atoms with van der Waals surface area (Å²) >= 11 is 0. The summed E-state index contributed by atoms with van der Waals surface area (Å²) in [5.74, 6) is -2.45. The maximum Gasteiger partial charge on any atom is 0.436 e. The number of imidazole rings is 1. The van der Waals surface area contributed by atoms with Crippen LogP contribution in [0.3, 0.4) is 0 Å². The second-order valence-corrected chi connectivity index (χ2v) is 6.80. The molecule has 0 aliphatic carbocycles. The Morgan fingerprint density at radius 1 is 1.26 bits per heavy atom. The molecular weight excluding hydrogens is 360 g/mol. The second-order valence-electron chi connectivity index (χ2n) is 6.80. The third-order valence-electron chi connectivity index (χ3n) is 4.05. The molecule has 2 N–H and O–H groups in total. The average Bonchev–Trinajstić information content (AvgIpc) is 3.20. The third-order valence-corrected chi connectivity index (χ3v) is 4.05. The first-order chi connectivity index (χ1) is 12.7. The summed E-state index contributed by atoms with van der Waals surface area (Å²) in [5.41, 5.74) is 5.73. The van der Waals surface area contributed by atoms with E-state index in [1.807, 2.05) is 0 Å². The van der Waals surface area contributed by atoms with Crippen molar-refractivity contribution in [1.29, 1.82) is 0 Å². The molecule has 1 aliphatic heterocycles. The number of rotatable bonds is 7. The fraction of sp³-hybridized carbons (Fsp3) is 0.688. The maximum absolute atomic E-state index is 12.2. The van der Waals surface area contributed by atoms with E-state index in [2.05, 4.69) is 4.98 Å². The van der Waals surface area contributed by atoms with Crippen LogP contribution >= 0.6 is 0 Å². The molecule has 11 heteroatoms. The quantitative estimate of drug-likeness (QED) is 0.409. The summed E-state index contributed by atoms with van der Waals surface area (Å²) < 4.78 is 17.9. The molecule has 2 rings (SSSR count). The van der Waals surface area contributed by atoms with Crippen molar-refractivity contribution in [1.82, 2.24) is 9.55 Å². The summed E-state index contributed by atoms with van der Waals surface area (Å²) in [4.78, 5) is 38.5. The fourth-order valence-corrected chi connectivity index (χ4v) is 2.58. The summed E-state index contributed by atoms with van der Waals surface area (Å²) in [6.45, 7) is 6.56. The van der Waals surface area contributed by atoms with Crippen molar-refractivity contribution in [2.45, 2.75) is 52.2 Å². The number of hydrogen-bond acceptors (Lipinski definition) is 9. The van der Waals surface area contributed by atoms with Gasteiger partial charge in [-0.25, -0.2) is 0 Å². The van der Waals surface area contributed by atoms with Crippen LogP contribution in [0, 0.1) is 22.0 Å². The van der Waals surface area contributed by atoms with Crippen molar-refractivity contribution < 1.29 is 28.7 Å². The van der Waals surface area contributed by atoms with Crippen molar-refractivity contribution in [3.63, 3.8) is 0 Å². The Hall–Kier alpha value is -2.53. The van der Waals surface area contributed by atoms with Crippen LogP contribution in [0.15, 0.2) is 12.4 Å². The van der Waals surface area contributed by atoms with Crippen LogP contribution in [0.25, 0.3) is 0 Å². The molecule has 1 saturated heterocycles. The lowest BCUT2D eigenvalue weighted by Crippen LogP contribution is -2.43. The number of ether oxygens (including phenoxy) is 3. The summed E-state index contributed by atoms with van der Waals surface area (Å²) in [5, 5.41) is 11.2. The largest absolute Gasteiger partial charge is 0.455 e. The normalized spacial score (nSPS) is 25.0. The lowest BCUT2D eigenvalue weighted by Gasteiger charge is -2.24. The van der Waals surface area contributed by atoms with Gasteiger partial charge in [-0.2, -0.15) is 4.57 Å². The van der Waals surface area contributed by atoms with Gasteiger partial charge in [0.1, 0.15) is 18.5 Å². The predicted molar refractivity (Wildman–Crippen MR) is 91.3 cm³/mol. The Labute approximate surface area is 155 Å². The van der Waals surface area contributed by atoms with Crippen LogP contribution in [0.1, 0.15) is 33.9 Å². The highest BCUT2D eigenvalue weighted by Gasteiger charge is 2.53. The highest BCUT2D eigenvalue weighted by atomic mass is 16.7. The highest BCUT2D eigenvalue weighted by Crippen LogP contribution is 2.36. The number of esters is 2. The zero-order chi connectivity index (χ0) is 20.3. The fourth-order valence-electron chi connectivity index (χ4n) is 2.58. The first-order valence-electron chi connectivity index (χ1n) is 8.61. The number of carbonyl (C=O) groups is 2. The van der Waals surface area contributed by atoms with Crippen LogP contribution in [-0.2, 0) is 23.8 Å². The monoisotopic (exact) mass is 384 g/mol. The van der Waals surface area contributed by atoms with Gasteiger partial charge in [0.25, 0.3) is 0 Å². The highest BCUT2D eigenvalue weighted by molar-refractivity contribution is 5.73. The molecule has 1 aromatic heterocycles. The van der Waals surface area contributed by atoms with E-state index < -0.39 is 59.2 Å². The molecule has 0 bridgehead atoms. The molecule has 0 amide bonds. The molecule has 27 heavy (non-hydrogen) atoms. The Kier molecular flexibility index (Phi) is 6.50. The van der Waals surface area contributed by atoms with Crippen molar-refractivity contribution in [2.75, 3.05) is 6.54 Å². The molecule has 0 saturated carbocycles. The molecule has 1 fully saturated rings. The lowest BCUT2D eigenvalue weighted by molar-refractivity contribution is -0.398. The molecule has 11 nitrogen and oxygen atoms in total. The molecule has 1 aliphatic rings. The molecule has 2 unspecified atom stereocenters. The van der Waals surface area contributed by atoms with E-state index in [9.17, 15) is 19.7 Å². The van der Waals surface area contributed by atoms with Crippen molar-refractivity contribution in [3.05, 3.63) is 22.5 Å². The molecule has 4 atom stereocenters. The molecule has 0 radical (unpaired) electrons. The number of nitro groups is 1. The van der Waals surface area contributed by atoms with E-state index in [4.69, 9.17) is 19.9 Å². The maximum atomic E-state index is 12.2.